The minimum atomic E-state index is -0.126. The van der Waals surface area contributed by atoms with Crippen LogP contribution in [-0.2, 0) is 4.79 Å². The first-order valence-corrected chi connectivity index (χ1v) is 8.51. The summed E-state index contributed by atoms with van der Waals surface area (Å²) in [7, 11) is 3.96. The van der Waals surface area contributed by atoms with E-state index in [4.69, 9.17) is 17.0 Å². The molecule has 0 bridgehead atoms. The lowest BCUT2D eigenvalue weighted by molar-refractivity contribution is -0.119. The van der Waals surface area contributed by atoms with Gasteiger partial charge in [0.2, 0.25) is 5.91 Å². The second-order valence-corrected chi connectivity index (χ2v) is 6.12. The molecule has 6 heteroatoms. The summed E-state index contributed by atoms with van der Waals surface area (Å²) in [5.74, 6) is 0.681. The van der Waals surface area contributed by atoms with Crippen LogP contribution in [0, 0.1) is 0 Å². The molecular weight excluding hydrogens is 334 g/mol. The van der Waals surface area contributed by atoms with E-state index in [0.717, 1.165) is 17.1 Å². The first-order chi connectivity index (χ1) is 12.0. The second kappa shape index (κ2) is 9.64. The summed E-state index contributed by atoms with van der Waals surface area (Å²) in [5.41, 5.74) is 1.93. The van der Waals surface area contributed by atoms with E-state index in [9.17, 15) is 4.79 Å². The Bertz CT molecular complexity index is 688. The number of nitrogens with zero attached hydrogens (tertiary/aromatic N) is 1. The average molecular weight is 357 g/mol. The Balaban J connectivity index is 1.66. The highest BCUT2D eigenvalue weighted by Gasteiger charge is 2.05. The maximum atomic E-state index is 11.9. The van der Waals surface area contributed by atoms with Crippen LogP contribution in [0.2, 0.25) is 0 Å². The van der Waals surface area contributed by atoms with Gasteiger partial charge in [-0.2, -0.15) is 0 Å². The molecule has 2 rings (SSSR count). The van der Waals surface area contributed by atoms with E-state index in [1.165, 1.54) is 0 Å². The third kappa shape index (κ3) is 6.81. The fourth-order valence-corrected chi connectivity index (χ4v) is 2.37. The maximum Gasteiger partial charge on any atom is 0.226 e. The summed E-state index contributed by atoms with van der Waals surface area (Å²) in [6, 6.07) is 17.3. The molecule has 0 aliphatic rings. The highest BCUT2D eigenvalue weighted by Crippen LogP contribution is 2.15. The maximum absolute atomic E-state index is 11.9. The van der Waals surface area contributed by atoms with Crippen LogP contribution in [0.3, 0.4) is 0 Å². The van der Waals surface area contributed by atoms with Gasteiger partial charge in [-0.15, -0.1) is 0 Å². The number of ether oxygens (including phenoxy) is 1. The van der Waals surface area contributed by atoms with Crippen molar-refractivity contribution in [3.8, 4) is 5.75 Å². The van der Waals surface area contributed by atoms with E-state index in [2.05, 4.69) is 10.6 Å². The van der Waals surface area contributed by atoms with E-state index in [1.54, 1.807) is 0 Å². The highest BCUT2D eigenvalue weighted by molar-refractivity contribution is 7.80. The molecule has 25 heavy (non-hydrogen) atoms. The molecule has 0 radical (unpaired) electrons. The average Bonchev–Trinajstić information content (AvgIpc) is 2.60. The van der Waals surface area contributed by atoms with Gasteiger partial charge in [-0.25, -0.2) is 0 Å². The lowest BCUT2D eigenvalue weighted by Crippen LogP contribution is -2.34. The number of benzene rings is 2. The zero-order chi connectivity index (χ0) is 18.1. The lowest BCUT2D eigenvalue weighted by Gasteiger charge is -2.14. The van der Waals surface area contributed by atoms with Crippen LogP contribution in [0.15, 0.2) is 54.6 Å². The van der Waals surface area contributed by atoms with Crippen LogP contribution in [0.4, 0.5) is 11.4 Å². The van der Waals surface area contributed by atoms with Crippen molar-refractivity contribution >= 4 is 34.6 Å². The van der Waals surface area contributed by atoms with Gasteiger partial charge in [-0.05, 0) is 55.0 Å². The molecule has 2 aromatic rings. The van der Waals surface area contributed by atoms with Crippen LogP contribution >= 0.6 is 12.2 Å². The van der Waals surface area contributed by atoms with Gasteiger partial charge >= 0.3 is 0 Å². The zero-order valence-electron chi connectivity index (χ0n) is 14.5. The fourth-order valence-electron chi connectivity index (χ4n) is 2.13. The molecule has 0 atom stereocenters. The van der Waals surface area contributed by atoms with Crippen molar-refractivity contribution in [1.82, 2.24) is 5.32 Å². The van der Waals surface area contributed by atoms with Crippen molar-refractivity contribution in [3.63, 3.8) is 0 Å². The largest absolute Gasteiger partial charge is 0.494 e. The van der Waals surface area contributed by atoms with Gasteiger partial charge in [0.05, 0.1) is 6.61 Å². The van der Waals surface area contributed by atoms with E-state index in [-0.39, 0.29) is 5.91 Å². The Hall–Kier alpha value is -2.60. The number of carbonyl (C=O) groups is 1. The summed E-state index contributed by atoms with van der Waals surface area (Å²) in [5, 5.41) is 5.98. The molecule has 2 N–H and O–H groups in total. The number of thiocarbonyl (C=S) groups is 1. The van der Waals surface area contributed by atoms with Gasteiger partial charge in [-0.1, -0.05) is 18.2 Å². The Morgan fingerprint density at radius 3 is 2.40 bits per heavy atom. The molecule has 0 heterocycles. The van der Waals surface area contributed by atoms with Gasteiger partial charge in [0.25, 0.3) is 0 Å². The molecule has 0 saturated carbocycles. The number of carbonyl (C=O) groups excluding carboxylic acids is 1. The van der Waals surface area contributed by atoms with Gasteiger partial charge in [-0.3, -0.25) is 4.79 Å². The molecule has 0 fully saturated rings. The molecule has 5 nitrogen and oxygen atoms in total. The van der Waals surface area contributed by atoms with Crippen molar-refractivity contribution in [3.05, 3.63) is 54.6 Å². The third-order valence-corrected chi connectivity index (χ3v) is 3.66. The highest BCUT2D eigenvalue weighted by atomic mass is 32.1. The van der Waals surface area contributed by atoms with Gasteiger partial charge in [0, 0.05) is 31.9 Å². The molecule has 2 aromatic carbocycles. The smallest absolute Gasteiger partial charge is 0.226 e. The first-order valence-electron chi connectivity index (χ1n) is 8.10. The van der Waals surface area contributed by atoms with Crippen LogP contribution in [0.1, 0.15) is 12.8 Å². The Labute approximate surface area is 154 Å². The van der Waals surface area contributed by atoms with E-state index in [1.807, 2.05) is 73.6 Å². The standard InChI is InChI=1S/C19H23N3O2S/c1-22(2)16-12-10-15(11-13-16)20-19(25)21-18(23)9-6-14-24-17-7-4-3-5-8-17/h3-5,7-8,10-13H,6,9,14H2,1-2H3,(H2,20,21,23,25). The Morgan fingerprint density at radius 2 is 1.76 bits per heavy atom. The monoisotopic (exact) mass is 357 g/mol. The topological polar surface area (TPSA) is 53.6 Å². The number of nitrogens with one attached hydrogen (secondary N) is 2. The van der Waals surface area contributed by atoms with Gasteiger partial charge in [0.15, 0.2) is 5.11 Å². The van der Waals surface area contributed by atoms with Crippen LogP contribution in [-0.4, -0.2) is 31.7 Å². The molecule has 0 unspecified atom stereocenters. The molecule has 0 spiro atoms. The first kappa shape index (κ1) is 18.7. The second-order valence-electron chi connectivity index (χ2n) is 5.71. The summed E-state index contributed by atoms with van der Waals surface area (Å²) in [4.78, 5) is 13.9. The van der Waals surface area contributed by atoms with Crippen molar-refractivity contribution in [2.75, 3.05) is 30.9 Å². The number of anilines is 2. The summed E-state index contributed by atoms with van der Waals surface area (Å²) in [6.07, 6.45) is 0.981. The number of amides is 1. The van der Waals surface area contributed by atoms with E-state index >= 15 is 0 Å². The molecule has 132 valence electrons. The van der Waals surface area contributed by atoms with Crippen molar-refractivity contribution in [2.24, 2.45) is 0 Å². The van der Waals surface area contributed by atoms with E-state index in [0.29, 0.717) is 24.6 Å². The minimum absolute atomic E-state index is 0.126. The van der Waals surface area contributed by atoms with Crippen LogP contribution in [0.25, 0.3) is 0 Å². The number of hydrogen-bond acceptors (Lipinski definition) is 4. The lowest BCUT2D eigenvalue weighted by atomic mass is 10.2. The molecule has 0 aliphatic carbocycles. The Morgan fingerprint density at radius 1 is 1.08 bits per heavy atom. The SMILES string of the molecule is CN(C)c1ccc(NC(=S)NC(=O)CCCOc2ccccc2)cc1. The Kier molecular flexibility index (Phi) is 7.22. The summed E-state index contributed by atoms with van der Waals surface area (Å²) >= 11 is 5.17. The number of rotatable bonds is 7. The normalized spacial score (nSPS) is 10.0. The summed E-state index contributed by atoms with van der Waals surface area (Å²) in [6.45, 7) is 0.490. The molecule has 0 aromatic heterocycles. The summed E-state index contributed by atoms with van der Waals surface area (Å²) < 4.78 is 5.56. The number of hydrogen-bond donors (Lipinski definition) is 2. The quantitative estimate of drug-likeness (QED) is 0.587. The minimum Gasteiger partial charge on any atom is -0.494 e. The fraction of sp³-hybridized carbons (Fsp3) is 0.263. The van der Waals surface area contributed by atoms with Crippen molar-refractivity contribution < 1.29 is 9.53 Å². The van der Waals surface area contributed by atoms with Crippen LogP contribution < -0.4 is 20.3 Å². The molecule has 1 amide bonds. The predicted molar refractivity (Wildman–Crippen MR) is 106 cm³/mol. The third-order valence-electron chi connectivity index (χ3n) is 3.45. The zero-order valence-corrected chi connectivity index (χ0v) is 15.3. The molecule has 0 saturated heterocycles. The van der Waals surface area contributed by atoms with E-state index < -0.39 is 0 Å². The van der Waals surface area contributed by atoms with Gasteiger partial charge in [0.1, 0.15) is 5.75 Å². The van der Waals surface area contributed by atoms with Crippen molar-refractivity contribution in [2.45, 2.75) is 12.8 Å². The molecule has 0 aliphatic heterocycles. The predicted octanol–water partition coefficient (Wildman–Crippen LogP) is 3.42. The van der Waals surface area contributed by atoms with Crippen LogP contribution in [0.5, 0.6) is 5.75 Å². The molecular formula is C19H23N3O2S. The van der Waals surface area contributed by atoms with Gasteiger partial charge < -0.3 is 20.3 Å². The number of para-hydroxylation sites is 1. The van der Waals surface area contributed by atoms with Crippen molar-refractivity contribution in [1.29, 1.82) is 0 Å².